The molecule has 0 bridgehead atoms. The van der Waals surface area contributed by atoms with Crippen LogP contribution in [0.5, 0.6) is 11.6 Å². The van der Waals surface area contributed by atoms with E-state index in [1.165, 1.54) is 36.6 Å². The van der Waals surface area contributed by atoms with E-state index in [9.17, 15) is 31.2 Å². The largest absolute Gasteiger partial charge is 0.495 e. The number of pyridine rings is 1. The summed E-state index contributed by atoms with van der Waals surface area (Å²) in [5.74, 6) is -3.13. The Labute approximate surface area is 232 Å². The fraction of sp³-hybridized carbons (Fsp3) is 0.360. The van der Waals surface area contributed by atoms with Crippen LogP contribution in [0.1, 0.15) is 36.9 Å². The molecule has 0 atom stereocenters. The van der Waals surface area contributed by atoms with Gasteiger partial charge in [-0.25, -0.2) is 27.9 Å². The number of hydrogen-bond acceptors (Lipinski definition) is 9. The van der Waals surface area contributed by atoms with Crippen molar-refractivity contribution in [1.82, 2.24) is 14.7 Å². The van der Waals surface area contributed by atoms with E-state index < -0.39 is 28.0 Å². The van der Waals surface area contributed by atoms with Gasteiger partial charge in [0.05, 0.1) is 17.7 Å². The van der Waals surface area contributed by atoms with E-state index >= 15 is 0 Å². The van der Waals surface area contributed by atoms with Gasteiger partial charge in [0.2, 0.25) is 21.8 Å². The monoisotopic (exact) mass is 598 g/mol. The number of thiazole rings is 1. The van der Waals surface area contributed by atoms with Gasteiger partial charge in [-0.3, -0.25) is 4.79 Å². The Bertz CT molecular complexity index is 1520. The van der Waals surface area contributed by atoms with Crippen molar-refractivity contribution >= 4 is 38.4 Å². The number of carbonyl (C=O) groups excluding carboxylic acids is 2. The zero-order valence-electron chi connectivity index (χ0n) is 21.4. The predicted octanol–water partition coefficient (Wildman–Crippen LogP) is 4.60. The number of ether oxygens (including phenoxy) is 2. The number of halogens is 3. The number of aromatic nitrogens is 2. The molecule has 3 aromatic rings. The van der Waals surface area contributed by atoms with Crippen LogP contribution in [0.2, 0.25) is 0 Å². The van der Waals surface area contributed by atoms with Gasteiger partial charge in [0, 0.05) is 24.7 Å². The summed E-state index contributed by atoms with van der Waals surface area (Å²) in [5.41, 5.74) is 1.33. The fourth-order valence-corrected chi connectivity index (χ4v) is 6.34. The van der Waals surface area contributed by atoms with E-state index in [0.717, 1.165) is 37.9 Å². The smallest absolute Gasteiger partial charge is 0.491 e. The van der Waals surface area contributed by atoms with Crippen molar-refractivity contribution in [2.24, 2.45) is 5.92 Å². The minimum Gasteiger partial charge on any atom is -0.495 e. The van der Waals surface area contributed by atoms with Gasteiger partial charge in [-0.1, -0.05) is 24.2 Å². The first-order chi connectivity index (χ1) is 18.9. The molecule has 4 rings (SSSR count). The highest BCUT2D eigenvalue weighted by atomic mass is 32.2. The van der Waals surface area contributed by atoms with E-state index in [1.807, 2.05) is 0 Å². The van der Waals surface area contributed by atoms with Gasteiger partial charge in [-0.15, -0.1) is 0 Å². The zero-order valence-corrected chi connectivity index (χ0v) is 23.0. The molecule has 40 heavy (non-hydrogen) atoms. The summed E-state index contributed by atoms with van der Waals surface area (Å²) in [5, 5.41) is 3.28. The predicted molar refractivity (Wildman–Crippen MR) is 139 cm³/mol. The highest BCUT2D eigenvalue weighted by Gasteiger charge is 2.41. The zero-order chi connectivity index (χ0) is 29.1. The number of methoxy groups -OCH3 is 1. The number of anilines is 1. The Morgan fingerprint density at radius 1 is 1.15 bits per heavy atom. The Morgan fingerprint density at radius 2 is 1.88 bits per heavy atom. The van der Waals surface area contributed by atoms with Crippen molar-refractivity contribution in [3.63, 3.8) is 0 Å². The minimum absolute atomic E-state index is 0.0374. The van der Waals surface area contributed by atoms with Crippen LogP contribution in [0.4, 0.5) is 18.3 Å². The lowest BCUT2D eigenvalue weighted by atomic mass is 10.1. The molecule has 1 amide bonds. The molecule has 2 aromatic heterocycles. The lowest BCUT2D eigenvalue weighted by Gasteiger charge is -2.13. The molecule has 15 heteroatoms. The van der Waals surface area contributed by atoms with E-state index in [2.05, 4.69) is 24.7 Å². The molecular formula is C25H25F3N4O6S2. The second-order valence-corrected chi connectivity index (χ2v) is 11.7. The highest BCUT2D eigenvalue weighted by Crippen LogP contribution is 2.37. The van der Waals surface area contributed by atoms with Crippen molar-refractivity contribution < 1.29 is 40.7 Å². The van der Waals surface area contributed by atoms with Crippen LogP contribution < -0.4 is 19.5 Å². The molecule has 1 aliphatic rings. The maximum absolute atomic E-state index is 13.2. The molecule has 0 spiro atoms. The highest BCUT2D eigenvalue weighted by molar-refractivity contribution is 7.89. The van der Waals surface area contributed by atoms with E-state index in [1.54, 1.807) is 13.0 Å². The van der Waals surface area contributed by atoms with E-state index in [-0.39, 0.29) is 34.6 Å². The molecule has 214 valence electrons. The van der Waals surface area contributed by atoms with Gasteiger partial charge in [0.25, 0.3) is 0 Å². The van der Waals surface area contributed by atoms with Crippen molar-refractivity contribution in [3.8, 4) is 22.1 Å². The number of amides is 1. The number of benzene rings is 1. The van der Waals surface area contributed by atoms with Crippen LogP contribution in [0.3, 0.4) is 0 Å². The van der Waals surface area contributed by atoms with Crippen LogP contribution >= 0.6 is 11.3 Å². The standard InChI is InChI=1S/C25H25F3N4O6S2/c1-14-21(39-24(31-14)32-22(33)16-5-3-4-6-16)17-7-8-18(37-2)19(12-17)40(35,36)30-13-15-9-10-29-20(11-15)38-23(34)25(26,27)28/h7-12,16,30H,3-6,13H2,1-2H3,(H,31,32,33). The first kappa shape index (κ1) is 29.4. The van der Waals surface area contributed by atoms with Gasteiger partial charge < -0.3 is 14.8 Å². The minimum atomic E-state index is -5.21. The Hall–Kier alpha value is -3.56. The molecule has 0 radical (unpaired) electrons. The van der Waals surface area contributed by atoms with E-state index in [4.69, 9.17) is 4.74 Å². The first-order valence-electron chi connectivity index (χ1n) is 12.1. The van der Waals surface area contributed by atoms with Crippen molar-refractivity contribution in [1.29, 1.82) is 0 Å². The van der Waals surface area contributed by atoms with E-state index in [0.29, 0.717) is 21.3 Å². The molecule has 1 fully saturated rings. The van der Waals surface area contributed by atoms with Crippen LogP contribution in [0, 0.1) is 12.8 Å². The second-order valence-electron chi connectivity index (χ2n) is 8.98. The number of aryl methyl sites for hydroxylation is 1. The molecule has 1 saturated carbocycles. The third-order valence-corrected chi connectivity index (χ3v) is 8.71. The number of esters is 1. The van der Waals surface area contributed by atoms with Gasteiger partial charge >= 0.3 is 12.1 Å². The summed E-state index contributed by atoms with van der Waals surface area (Å²) >= 11 is 1.22. The quantitative estimate of drug-likeness (QED) is 0.341. The SMILES string of the molecule is COc1ccc(-c2sc(NC(=O)C3CCCC3)nc2C)cc1S(=O)(=O)NCc1ccnc(OC(=O)C(F)(F)F)c1. The summed E-state index contributed by atoms with van der Waals surface area (Å²) in [7, 11) is -2.88. The number of sulfonamides is 1. The van der Waals surface area contributed by atoms with Crippen LogP contribution in [-0.2, 0) is 26.2 Å². The summed E-state index contributed by atoms with van der Waals surface area (Å²) in [6.07, 6.45) is -0.403. The maximum Gasteiger partial charge on any atom is 0.491 e. The molecule has 1 aromatic carbocycles. The Balaban J connectivity index is 1.52. The molecule has 1 aliphatic carbocycles. The maximum atomic E-state index is 13.2. The van der Waals surface area contributed by atoms with Crippen LogP contribution in [0.15, 0.2) is 41.4 Å². The second kappa shape index (κ2) is 11.9. The Kier molecular flexibility index (Phi) is 8.75. The molecule has 0 unspecified atom stereocenters. The summed E-state index contributed by atoms with van der Waals surface area (Å²) in [4.78, 5) is 32.0. The molecule has 0 saturated heterocycles. The first-order valence-corrected chi connectivity index (χ1v) is 14.4. The molecule has 10 nitrogen and oxygen atoms in total. The molecule has 2 N–H and O–H groups in total. The van der Waals surface area contributed by atoms with Gasteiger partial charge in [-0.2, -0.15) is 13.2 Å². The molecule has 0 aliphatic heterocycles. The lowest BCUT2D eigenvalue weighted by molar-refractivity contribution is -0.190. The van der Waals surface area contributed by atoms with Gasteiger partial charge in [0.1, 0.15) is 10.6 Å². The molecule has 2 heterocycles. The third-order valence-electron chi connectivity index (χ3n) is 6.16. The normalized spacial score (nSPS) is 14.2. The van der Waals surface area contributed by atoms with Crippen molar-refractivity contribution in [2.45, 2.75) is 50.2 Å². The van der Waals surface area contributed by atoms with Crippen molar-refractivity contribution in [3.05, 3.63) is 47.8 Å². The number of nitrogens with one attached hydrogen (secondary N) is 2. The summed E-state index contributed by atoms with van der Waals surface area (Å²) in [6, 6.07) is 6.93. The lowest BCUT2D eigenvalue weighted by Crippen LogP contribution is -2.28. The van der Waals surface area contributed by atoms with Crippen LogP contribution in [-0.4, -0.2) is 43.5 Å². The summed E-state index contributed by atoms with van der Waals surface area (Å²) < 4.78 is 75.7. The number of hydrogen-bond donors (Lipinski definition) is 2. The van der Waals surface area contributed by atoms with Gasteiger partial charge in [0.15, 0.2) is 5.13 Å². The van der Waals surface area contributed by atoms with Gasteiger partial charge in [-0.05, 0) is 55.2 Å². The number of alkyl halides is 3. The third kappa shape index (κ3) is 6.95. The summed E-state index contributed by atoms with van der Waals surface area (Å²) in [6.45, 7) is 1.41. The number of nitrogens with zero attached hydrogens (tertiary/aromatic N) is 2. The average molecular weight is 599 g/mol. The molecular weight excluding hydrogens is 573 g/mol. The number of carbonyl (C=O) groups is 2. The van der Waals surface area contributed by atoms with Crippen molar-refractivity contribution in [2.75, 3.05) is 12.4 Å². The Morgan fingerprint density at radius 3 is 2.55 bits per heavy atom. The number of rotatable bonds is 9. The average Bonchev–Trinajstić information content (AvgIpc) is 3.57. The topological polar surface area (TPSA) is 137 Å². The fourth-order valence-electron chi connectivity index (χ4n) is 4.17. The van der Waals surface area contributed by atoms with Crippen LogP contribution in [0.25, 0.3) is 10.4 Å².